The molecule has 4 aromatic rings. The van der Waals surface area contributed by atoms with E-state index in [1.54, 1.807) is 23.6 Å². The number of nitrogens with one attached hydrogen (secondary N) is 2. The first kappa shape index (κ1) is 13.9. The summed E-state index contributed by atoms with van der Waals surface area (Å²) in [5.41, 5.74) is 2.64. The number of nitrogens with zero attached hydrogens (tertiary/aromatic N) is 1. The summed E-state index contributed by atoms with van der Waals surface area (Å²) in [6.07, 6.45) is 1.60. The van der Waals surface area contributed by atoms with E-state index >= 15 is 0 Å². The number of hydrogen-bond donors (Lipinski definition) is 2. The van der Waals surface area contributed by atoms with Crippen LogP contribution in [0.2, 0.25) is 0 Å². The zero-order valence-corrected chi connectivity index (χ0v) is 12.8. The fourth-order valence-electron chi connectivity index (χ4n) is 2.63. The quantitative estimate of drug-likeness (QED) is 0.601. The Hall–Kier alpha value is -2.73. The third kappa shape index (κ3) is 2.47. The highest BCUT2D eigenvalue weighted by Crippen LogP contribution is 2.27. The first-order chi connectivity index (χ1) is 11.2. The Balaban J connectivity index is 1.74. The molecule has 0 aliphatic carbocycles. The van der Waals surface area contributed by atoms with Crippen LogP contribution in [-0.2, 0) is 6.54 Å². The summed E-state index contributed by atoms with van der Waals surface area (Å²) in [4.78, 5) is 19.7. The number of rotatable bonds is 3. The van der Waals surface area contributed by atoms with E-state index in [1.807, 2.05) is 22.9 Å². The third-order valence-corrected chi connectivity index (χ3v) is 4.46. The van der Waals surface area contributed by atoms with Crippen molar-refractivity contribution in [3.8, 4) is 0 Å². The van der Waals surface area contributed by atoms with Crippen molar-refractivity contribution in [1.82, 2.24) is 15.3 Å². The lowest BCUT2D eigenvalue weighted by atomic mass is 10.1. The molecule has 0 unspecified atom stereocenters. The maximum Gasteiger partial charge on any atom is 0.272 e. The Kier molecular flexibility index (Phi) is 3.31. The van der Waals surface area contributed by atoms with Gasteiger partial charge in [0.25, 0.3) is 5.91 Å². The number of thiophene rings is 1. The van der Waals surface area contributed by atoms with Gasteiger partial charge in [-0.05, 0) is 46.7 Å². The Morgan fingerprint density at radius 2 is 2.17 bits per heavy atom. The minimum Gasteiger partial charge on any atom is -0.352 e. The molecule has 2 N–H and O–H groups in total. The Bertz CT molecular complexity index is 1010. The molecule has 0 atom stereocenters. The first-order valence-corrected chi connectivity index (χ1v) is 8.02. The molecule has 0 fully saturated rings. The predicted molar refractivity (Wildman–Crippen MR) is 89.0 cm³/mol. The highest BCUT2D eigenvalue weighted by atomic mass is 32.1. The summed E-state index contributed by atoms with van der Waals surface area (Å²) >= 11 is 1.59. The minimum atomic E-state index is -0.319. The predicted octanol–water partition coefficient (Wildman–Crippen LogP) is 3.85. The number of amides is 1. The zero-order valence-electron chi connectivity index (χ0n) is 12.0. The van der Waals surface area contributed by atoms with E-state index in [-0.39, 0.29) is 11.7 Å². The van der Waals surface area contributed by atoms with Crippen LogP contribution in [0.4, 0.5) is 4.39 Å². The number of halogens is 1. The molecule has 3 heterocycles. The molecule has 3 aromatic heterocycles. The lowest BCUT2D eigenvalue weighted by Crippen LogP contribution is -2.23. The molecule has 0 aliphatic heterocycles. The van der Waals surface area contributed by atoms with Crippen LogP contribution < -0.4 is 5.32 Å². The fourth-order valence-corrected chi connectivity index (χ4v) is 3.30. The van der Waals surface area contributed by atoms with Gasteiger partial charge in [-0.2, -0.15) is 11.3 Å². The van der Waals surface area contributed by atoms with Crippen LogP contribution in [0.25, 0.3) is 21.8 Å². The van der Waals surface area contributed by atoms with E-state index in [0.29, 0.717) is 23.3 Å². The minimum absolute atomic E-state index is 0.256. The van der Waals surface area contributed by atoms with Crippen LogP contribution in [0.3, 0.4) is 0 Å². The van der Waals surface area contributed by atoms with Gasteiger partial charge in [0, 0.05) is 29.0 Å². The van der Waals surface area contributed by atoms with Crippen molar-refractivity contribution < 1.29 is 9.18 Å². The maximum absolute atomic E-state index is 13.4. The summed E-state index contributed by atoms with van der Waals surface area (Å²) in [6, 6.07) is 8.32. The Labute approximate surface area is 135 Å². The van der Waals surface area contributed by atoms with Gasteiger partial charge in [0.2, 0.25) is 0 Å². The number of carbonyl (C=O) groups excluding carboxylic acids is 1. The summed E-state index contributed by atoms with van der Waals surface area (Å²) in [6.45, 7) is 0.454. The molecule has 0 bridgehead atoms. The second-order valence-electron chi connectivity index (χ2n) is 5.21. The second-order valence-corrected chi connectivity index (χ2v) is 5.99. The Morgan fingerprint density at radius 1 is 1.26 bits per heavy atom. The fraction of sp³-hybridized carbons (Fsp3) is 0.0588. The molecule has 0 saturated carbocycles. The van der Waals surface area contributed by atoms with Crippen LogP contribution in [0.15, 0.2) is 47.3 Å². The summed E-state index contributed by atoms with van der Waals surface area (Å²) in [5, 5.41) is 8.54. The molecule has 4 rings (SSSR count). The number of hydrogen-bond acceptors (Lipinski definition) is 3. The molecule has 0 saturated heterocycles. The molecule has 114 valence electrons. The van der Waals surface area contributed by atoms with E-state index in [4.69, 9.17) is 0 Å². The molecule has 23 heavy (non-hydrogen) atoms. The van der Waals surface area contributed by atoms with Crippen molar-refractivity contribution in [2.75, 3.05) is 0 Å². The van der Waals surface area contributed by atoms with Crippen LogP contribution in [0, 0.1) is 5.82 Å². The highest BCUT2D eigenvalue weighted by molar-refractivity contribution is 7.07. The van der Waals surface area contributed by atoms with Gasteiger partial charge in [0.1, 0.15) is 5.82 Å². The highest BCUT2D eigenvalue weighted by Gasteiger charge is 2.15. The average Bonchev–Trinajstić information content (AvgIpc) is 3.18. The molecular weight excluding hydrogens is 313 g/mol. The van der Waals surface area contributed by atoms with Gasteiger partial charge < -0.3 is 10.3 Å². The number of fused-ring (bicyclic) bond motifs is 3. The molecule has 0 spiro atoms. The molecule has 1 amide bonds. The SMILES string of the molecule is O=C(NCc1ccsc1)c1nccc2c1[nH]c1cc(F)ccc12. The zero-order chi connectivity index (χ0) is 15.8. The summed E-state index contributed by atoms with van der Waals surface area (Å²) in [7, 11) is 0. The lowest BCUT2D eigenvalue weighted by Gasteiger charge is -2.04. The molecule has 4 nitrogen and oxygen atoms in total. The number of pyridine rings is 1. The van der Waals surface area contributed by atoms with Gasteiger partial charge in [0.05, 0.1) is 5.52 Å². The van der Waals surface area contributed by atoms with Crippen molar-refractivity contribution >= 4 is 39.0 Å². The largest absolute Gasteiger partial charge is 0.352 e. The molecular formula is C17H12FN3OS. The van der Waals surface area contributed by atoms with Gasteiger partial charge >= 0.3 is 0 Å². The van der Waals surface area contributed by atoms with Crippen molar-refractivity contribution in [1.29, 1.82) is 0 Å². The van der Waals surface area contributed by atoms with Gasteiger partial charge in [0.15, 0.2) is 5.69 Å². The lowest BCUT2D eigenvalue weighted by molar-refractivity contribution is 0.0947. The number of aromatic nitrogens is 2. The monoisotopic (exact) mass is 325 g/mol. The van der Waals surface area contributed by atoms with Gasteiger partial charge in [-0.1, -0.05) is 0 Å². The topological polar surface area (TPSA) is 57.8 Å². The van der Waals surface area contributed by atoms with Crippen LogP contribution in [0.5, 0.6) is 0 Å². The maximum atomic E-state index is 13.4. The van der Waals surface area contributed by atoms with Crippen molar-refractivity contribution in [2.45, 2.75) is 6.54 Å². The van der Waals surface area contributed by atoms with E-state index in [1.165, 1.54) is 12.1 Å². The smallest absolute Gasteiger partial charge is 0.272 e. The van der Waals surface area contributed by atoms with Crippen LogP contribution >= 0.6 is 11.3 Å². The van der Waals surface area contributed by atoms with Gasteiger partial charge in [-0.3, -0.25) is 4.79 Å². The summed E-state index contributed by atoms with van der Waals surface area (Å²) in [5.74, 6) is -0.575. The molecule has 0 aliphatic rings. The third-order valence-electron chi connectivity index (χ3n) is 3.73. The Morgan fingerprint density at radius 3 is 3.00 bits per heavy atom. The standard InChI is InChI=1S/C17H12FN3OS/c18-11-1-2-12-13-3-5-19-16(15(13)21-14(12)7-11)17(22)20-8-10-4-6-23-9-10/h1-7,9,21H,8H2,(H,20,22). The normalized spacial score (nSPS) is 11.2. The summed E-state index contributed by atoms with van der Waals surface area (Å²) < 4.78 is 13.4. The van der Waals surface area contributed by atoms with Crippen molar-refractivity contribution in [3.05, 3.63) is 64.4 Å². The van der Waals surface area contributed by atoms with E-state index in [0.717, 1.165) is 16.3 Å². The van der Waals surface area contributed by atoms with Gasteiger partial charge in [-0.25, -0.2) is 9.37 Å². The van der Waals surface area contributed by atoms with Gasteiger partial charge in [-0.15, -0.1) is 0 Å². The van der Waals surface area contributed by atoms with Crippen molar-refractivity contribution in [3.63, 3.8) is 0 Å². The molecule has 1 aromatic carbocycles. The number of carbonyl (C=O) groups is 1. The molecule has 6 heteroatoms. The van der Waals surface area contributed by atoms with Crippen molar-refractivity contribution in [2.24, 2.45) is 0 Å². The first-order valence-electron chi connectivity index (χ1n) is 7.07. The molecule has 0 radical (unpaired) electrons. The van der Waals surface area contributed by atoms with E-state index in [2.05, 4.69) is 15.3 Å². The van der Waals surface area contributed by atoms with Crippen LogP contribution in [-0.4, -0.2) is 15.9 Å². The second kappa shape index (κ2) is 5.48. The number of benzene rings is 1. The average molecular weight is 325 g/mol. The van der Waals surface area contributed by atoms with E-state index in [9.17, 15) is 9.18 Å². The van der Waals surface area contributed by atoms with E-state index < -0.39 is 0 Å². The van der Waals surface area contributed by atoms with Crippen LogP contribution in [0.1, 0.15) is 16.1 Å². The number of aromatic amines is 1. The number of H-pyrrole nitrogens is 1.